The Morgan fingerprint density at radius 2 is 2.26 bits per heavy atom. The van der Waals surface area contributed by atoms with Crippen molar-refractivity contribution in [1.29, 1.82) is 0 Å². The van der Waals surface area contributed by atoms with Crippen LogP contribution in [0.25, 0.3) is 0 Å². The number of nitrogens with one attached hydrogen (secondary N) is 1. The van der Waals surface area contributed by atoms with Gasteiger partial charge in [-0.25, -0.2) is 9.97 Å². The lowest BCUT2D eigenvalue weighted by atomic mass is 9.93. The topological polar surface area (TPSA) is 84.2 Å². The van der Waals surface area contributed by atoms with Gasteiger partial charge in [0.15, 0.2) is 5.82 Å². The summed E-state index contributed by atoms with van der Waals surface area (Å²) in [5, 5.41) is 6.79. The summed E-state index contributed by atoms with van der Waals surface area (Å²) in [4.78, 5) is 22.7. The van der Waals surface area contributed by atoms with Crippen molar-refractivity contribution in [1.82, 2.24) is 15.1 Å². The van der Waals surface area contributed by atoms with Crippen LogP contribution < -0.4 is 10.2 Å². The van der Waals surface area contributed by atoms with Crippen LogP contribution in [0.2, 0.25) is 0 Å². The molecule has 1 unspecified atom stereocenters. The van der Waals surface area contributed by atoms with E-state index in [1.807, 2.05) is 31.7 Å². The summed E-state index contributed by atoms with van der Waals surface area (Å²) in [5.74, 6) is 1.88. The first-order chi connectivity index (χ1) is 10.9. The second-order valence-corrected chi connectivity index (χ2v) is 6.73. The molecule has 0 saturated carbocycles. The molecule has 23 heavy (non-hydrogen) atoms. The summed E-state index contributed by atoms with van der Waals surface area (Å²) in [6.45, 7) is 6.91. The zero-order chi connectivity index (χ0) is 16.4. The maximum Gasteiger partial charge on any atom is 0.248 e. The minimum atomic E-state index is -0.250. The molecule has 122 valence electrons. The van der Waals surface area contributed by atoms with Crippen LogP contribution >= 0.6 is 0 Å². The van der Waals surface area contributed by atoms with Crippen molar-refractivity contribution >= 4 is 17.5 Å². The normalized spacial score (nSPS) is 18.2. The van der Waals surface area contributed by atoms with Crippen LogP contribution in [0.1, 0.15) is 39.4 Å². The van der Waals surface area contributed by atoms with Gasteiger partial charge in [-0.15, -0.1) is 0 Å². The monoisotopic (exact) mass is 315 g/mol. The Morgan fingerprint density at radius 1 is 1.43 bits per heavy atom. The summed E-state index contributed by atoms with van der Waals surface area (Å²) >= 11 is 0. The van der Waals surface area contributed by atoms with Crippen LogP contribution in [0.3, 0.4) is 0 Å². The second-order valence-electron chi connectivity index (χ2n) is 6.73. The molecule has 1 atom stereocenters. The van der Waals surface area contributed by atoms with Crippen LogP contribution in [-0.2, 0) is 10.2 Å². The van der Waals surface area contributed by atoms with E-state index in [4.69, 9.17) is 4.52 Å². The molecule has 3 heterocycles. The summed E-state index contributed by atoms with van der Waals surface area (Å²) in [7, 11) is 0. The highest BCUT2D eigenvalue weighted by molar-refractivity contribution is 5.96. The largest absolute Gasteiger partial charge is 0.359 e. The number of carbonyl (C=O) groups is 1. The summed E-state index contributed by atoms with van der Waals surface area (Å²) in [5.41, 5.74) is -0.143. The van der Waals surface area contributed by atoms with E-state index in [0.29, 0.717) is 5.82 Å². The van der Waals surface area contributed by atoms with Crippen molar-refractivity contribution in [3.05, 3.63) is 30.4 Å². The number of hydrogen-bond acceptors (Lipinski definition) is 6. The third-order valence-electron chi connectivity index (χ3n) is 3.92. The minimum absolute atomic E-state index is 0.0881. The highest BCUT2D eigenvalue weighted by atomic mass is 16.5. The van der Waals surface area contributed by atoms with Crippen molar-refractivity contribution in [2.75, 3.05) is 16.8 Å². The van der Waals surface area contributed by atoms with Crippen molar-refractivity contribution in [3.8, 4) is 0 Å². The average Bonchev–Trinajstić information content (AvgIpc) is 3.16. The zero-order valence-corrected chi connectivity index (χ0v) is 13.6. The number of aromatic nitrogens is 3. The molecule has 0 spiro atoms. The van der Waals surface area contributed by atoms with Crippen molar-refractivity contribution in [3.63, 3.8) is 0 Å². The van der Waals surface area contributed by atoms with Crippen LogP contribution in [-0.4, -0.2) is 33.6 Å². The Labute approximate surface area is 135 Å². The Bertz CT molecular complexity index is 677. The molecule has 3 rings (SSSR count). The maximum absolute atomic E-state index is 12.6. The molecule has 1 fully saturated rings. The van der Waals surface area contributed by atoms with E-state index in [0.717, 1.165) is 31.0 Å². The molecule has 0 bridgehead atoms. The highest BCUT2D eigenvalue weighted by Crippen LogP contribution is 2.26. The van der Waals surface area contributed by atoms with Crippen LogP contribution in [0.4, 0.5) is 11.6 Å². The van der Waals surface area contributed by atoms with E-state index in [1.54, 1.807) is 12.3 Å². The number of carbonyl (C=O) groups excluding carboxylic acids is 1. The van der Waals surface area contributed by atoms with Gasteiger partial charge in [-0.2, -0.15) is 0 Å². The molecule has 2 aromatic rings. The van der Waals surface area contributed by atoms with Crippen LogP contribution in [0.5, 0.6) is 0 Å². The zero-order valence-electron chi connectivity index (χ0n) is 13.6. The van der Waals surface area contributed by atoms with Crippen molar-refractivity contribution in [2.24, 2.45) is 0 Å². The Balaban J connectivity index is 1.71. The average molecular weight is 315 g/mol. The molecule has 1 aliphatic heterocycles. The van der Waals surface area contributed by atoms with E-state index in [9.17, 15) is 4.79 Å². The summed E-state index contributed by atoms with van der Waals surface area (Å²) < 4.78 is 5.31. The van der Waals surface area contributed by atoms with Gasteiger partial charge in [0.1, 0.15) is 23.9 Å². The standard InChI is InChI=1S/C16H21N5O2/c1-16(2,3)12-9-13(20-23-12)19-15(22)11-5-4-8-21(11)14-6-7-17-10-18-14/h6-7,9-11H,4-5,8H2,1-3H3,(H,19,20,22). The molecular formula is C16H21N5O2. The fourth-order valence-corrected chi connectivity index (χ4v) is 2.66. The van der Waals surface area contributed by atoms with E-state index < -0.39 is 0 Å². The Hall–Kier alpha value is -2.44. The van der Waals surface area contributed by atoms with Gasteiger partial charge in [0.25, 0.3) is 0 Å². The fourth-order valence-electron chi connectivity index (χ4n) is 2.66. The molecule has 0 aliphatic carbocycles. The van der Waals surface area contributed by atoms with E-state index in [2.05, 4.69) is 20.4 Å². The van der Waals surface area contributed by atoms with Gasteiger partial charge in [-0.05, 0) is 18.9 Å². The maximum atomic E-state index is 12.6. The van der Waals surface area contributed by atoms with Gasteiger partial charge in [-0.3, -0.25) is 4.79 Å². The van der Waals surface area contributed by atoms with E-state index in [-0.39, 0.29) is 17.4 Å². The smallest absolute Gasteiger partial charge is 0.248 e. The lowest BCUT2D eigenvalue weighted by molar-refractivity contribution is -0.117. The Morgan fingerprint density at radius 3 is 2.91 bits per heavy atom. The number of hydrogen-bond donors (Lipinski definition) is 1. The number of rotatable bonds is 3. The predicted molar refractivity (Wildman–Crippen MR) is 86.2 cm³/mol. The minimum Gasteiger partial charge on any atom is -0.359 e. The van der Waals surface area contributed by atoms with E-state index in [1.165, 1.54) is 6.33 Å². The SMILES string of the molecule is CC(C)(C)c1cc(NC(=O)C2CCCN2c2ccncn2)no1. The van der Waals surface area contributed by atoms with Gasteiger partial charge >= 0.3 is 0 Å². The van der Waals surface area contributed by atoms with E-state index >= 15 is 0 Å². The van der Waals surface area contributed by atoms with Gasteiger partial charge < -0.3 is 14.7 Å². The van der Waals surface area contributed by atoms with Gasteiger partial charge in [0.05, 0.1) is 0 Å². The summed E-state index contributed by atoms with van der Waals surface area (Å²) in [6.07, 6.45) is 4.92. The molecule has 7 heteroatoms. The lowest BCUT2D eigenvalue weighted by Gasteiger charge is -2.24. The summed E-state index contributed by atoms with van der Waals surface area (Å²) in [6, 6.07) is 3.35. The number of amides is 1. The van der Waals surface area contributed by atoms with Gasteiger partial charge in [-0.1, -0.05) is 25.9 Å². The molecule has 0 radical (unpaired) electrons. The number of nitrogens with zero attached hydrogens (tertiary/aromatic N) is 4. The fraction of sp³-hybridized carbons (Fsp3) is 0.500. The molecule has 1 amide bonds. The molecule has 0 aromatic carbocycles. The molecule has 1 aliphatic rings. The molecule has 2 aromatic heterocycles. The van der Waals surface area contributed by atoms with Gasteiger partial charge in [0.2, 0.25) is 5.91 Å². The van der Waals surface area contributed by atoms with Gasteiger partial charge in [0, 0.05) is 24.2 Å². The van der Waals surface area contributed by atoms with Crippen LogP contribution in [0, 0.1) is 0 Å². The third kappa shape index (κ3) is 3.33. The first kappa shape index (κ1) is 15.5. The molecule has 7 nitrogen and oxygen atoms in total. The third-order valence-corrected chi connectivity index (χ3v) is 3.92. The lowest BCUT2D eigenvalue weighted by Crippen LogP contribution is -2.40. The molecule has 1 N–H and O–H groups in total. The van der Waals surface area contributed by atoms with Crippen molar-refractivity contribution in [2.45, 2.75) is 45.1 Å². The quantitative estimate of drug-likeness (QED) is 0.936. The highest BCUT2D eigenvalue weighted by Gasteiger charge is 2.32. The molecular weight excluding hydrogens is 294 g/mol. The van der Waals surface area contributed by atoms with Crippen LogP contribution in [0.15, 0.2) is 29.2 Å². The number of anilines is 2. The first-order valence-electron chi connectivity index (χ1n) is 7.76. The van der Waals surface area contributed by atoms with Crippen molar-refractivity contribution < 1.29 is 9.32 Å². The molecule has 1 saturated heterocycles. The predicted octanol–water partition coefficient (Wildman–Crippen LogP) is 2.37. The Kier molecular flexibility index (Phi) is 4.02. The first-order valence-corrected chi connectivity index (χ1v) is 7.76. The second kappa shape index (κ2) is 5.98.